The Morgan fingerprint density at radius 3 is 2.37 bits per heavy atom. The molecular weight excluding hydrogens is 390 g/mol. The van der Waals surface area contributed by atoms with Gasteiger partial charge >= 0.3 is 0 Å². The highest BCUT2D eigenvalue weighted by atomic mass is 32.1. The van der Waals surface area contributed by atoms with E-state index in [4.69, 9.17) is 4.98 Å². The number of hydrogen-bond acceptors (Lipinski definition) is 4. The van der Waals surface area contributed by atoms with Crippen molar-refractivity contribution in [2.75, 3.05) is 19.6 Å². The molecule has 3 heterocycles. The fourth-order valence-corrected chi connectivity index (χ4v) is 5.00. The van der Waals surface area contributed by atoms with Crippen LogP contribution in [0.5, 0.6) is 0 Å². The predicted molar refractivity (Wildman–Crippen MR) is 124 cm³/mol. The van der Waals surface area contributed by atoms with Crippen molar-refractivity contribution >= 4 is 21.6 Å². The second kappa shape index (κ2) is 8.54. The molecule has 0 atom stereocenters. The number of aromatic nitrogens is 2. The van der Waals surface area contributed by atoms with Gasteiger partial charge in [0.2, 0.25) is 0 Å². The lowest BCUT2D eigenvalue weighted by Gasteiger charge is -2.18. The topological polar surface area (TPSA) is 38.1 Å². The molecular formula is C25H25N3OS. The second-order valence-electron chi connectivity index (χ2n) is 7.94. The Morgan fingerprint density at radius 2 is 1.60 bits per heavy atom. The van der Waals surface area contributed by atoms with Crippen LogP contribution < -0.4 is 5.56 Å². The number of nitrogens with zero attached hydrogens (tertiary/aromatic N) is 3. The first kappa shape index (κ1) is 19.2. The summed E-state index contributed by atoms with van der Waals surface area (Å²) in [6, 6.07) is 20.9. The van der Waals surface area contributed by atoms with Crippen LogP contribution in [0.25, 0.3) is 21.6 Å². The molecule has 1 aliphatic heterocycles. The van der Waals surface area contributed by atoms with E-state index in [9.17, 15) is 4.79 Å². The zero-order valence-electron chi connectivity index (χ0n) is 17.0. The number of hydrogen-bond donors (Lipinski definition) is 0. The van der Waals surface area contributed by atoms with Crippen molar-refractivity contribution in [2.45, 2.75) is 25.8 Å². The summed E-state index contributed by atoms with van der Waals surface area (Å²) in [4.78, 5) is 20.5. The van der Waals surface area contributed by atoms with E-state index in [0.717, 1.165) is 47.7 Å². The zero-order chi connectivity index (χ0) is 20.3. The highest BCUT2D eigenvalue weighted by Crippen LogP contribution is 2.23. The van der Waals surface area contributed by atoms with Crippen molar-refractivity contribution in [2.24, 2.45) is 0 Å². The van der Waals surface area contributed by atoms with Gasteiger partial charge < -0.3 is 4.90 Å². The fraction of sp³-hybridized carbons (Fsp3) is 0.280. The molecule has 0 aliphatic carbocycles. The lowest BCUT2D eigenvalue weighted by atomic mass is 10.0. The highest BCUT2D eigenvalue weighted by Gasteiger charge is 2.16. The highest BCUT2D eigenvalue weighted by molar-refractivity contribution is 7.17. The minimum absolute atomic E-state index is 0.0811. The van der Waals surface area contributed by atoms with Gasteiger partial charge in [-0.05, 0) is 54.9 Å². The fourth-order valence-electron chi connectivity index (χ4n) is 4.22. The van der Waals surface area contributed by atoms with Crippen molar-refractivity contribution in [3.8, 4) is 11.4 Å². The smallest absolute Gasteiger partial charge is 0.271 e. The van der Waals surface area contributed by atoms with E-state index in [1.165, 1.54) is 35.3 Å². The SMILES string of the molecule is O=c1c2sccc2nc(-c2ccc(Cc3ccccc3)cc2)n1CCN1CCCC1. The molecule has 0 saturated carbocycles. The van der Waals surface area contributed by atoms with Gasteiger partial charge in [0.15, 0.2) is 0 Å². The third-order valence-corrected chi connectivity index (χ3v) is 6.76. The van der Waals surface area contributed by atoms with Gasteiger partial charge in [-0.1, -0.05) is 54.6 Å². The van der Waals surface area contributed by atoms with Crippen LogP contribution in [0, 0.1) is 0 Å². The van der Waals surface area contributed by atoms with Crippen LogP contribution in [-0.4, -0.2) is 34.1 Å². The number of rotatable bonds is 6. The maximum atomic E-state index is 13.2. The van der Waals surface area contributed by atoms with E-state index in [2.05, 4.69) is 53.4 Å². The first-order chi connectivity index (χ1) is 14.8. The van der Waals surface area contributed by atoms with Gasteiger partial charge in [-0.2, -0.15) is 0 Å². The lowest BCUT2D eigenvalue weighted by Crippen LogP contribution is -2.30. The first-order valence-electron chi connectivity index (χ1n) is 10.6. The Bertz CT molecular complexity index is 1190. The molecule has 1 saturated heterocycles. The predicted octanol–water partition coefficient (Wildman–Crippen LogP) is 4.81. The van der Waals surface area contributed by atoms with Crippen LogP contribution in [0.15, 0.2) is 70.8 Å². The van der Waals surface area contributed by atoms with Crippen LogP contribution in [0.1, 0.15) is 24.0 Å². The van der Waals surface area contributed by atoms with Gasteiger partial charge in [0, 0.05) is 18.7 Å². The van der Waals surface area contributed by atoms with E-state index in [0.29, 0.717) is 6.54 Å². The molecule has 152 valence electrons. The molecule has 0 bridgehead atoms. The zero-order valence-corrected chi connectivity index (χ0v) is 17.8. The summed E-state index contributed by atoms with van der Waals surface area (Å²) in [5.74, 6) is 0.774. The largest absolute Gasteiger partial charge is 0.302 e. The third kappa shape index (κ3) is 3.95. The van der Waals surface area contributed by atoms with E-state index in [1.54, 1.807) is 0 Å². The summed E-state index contributed by atoms with van der Waals surface area (Å²) in [5, 5.41) is 1.95. The van der Waals surface area contributed by atoms with E-state index >= 15 is 0 Å². The van der Waals surface area contributed by atoms with Crippen LogP contribution in [0.4, 0.5) is 0 Å². The van der Waals surface area contributed by atoms with Gasteiger partial charge in [-0.3, -0.25) is 9.36 Å². The minimum Gasteiger partial charge on any atom is -0.302 e. The van der Waals surface area contributed by atoms with E-state index in [1.807, 2.05) is 22.1 Å². The number of benzene rings is 2. The Kier molecular flexibility index (Phi) is 5.47. The molecule has 0 amide bonds. The van der Waals surface area contributed by atoms with Gasteiger partial charge in [-0.25, -0.2) is 4.98 Å². The van der Waals surface area contributed by atoms with Crippen LogP contribution in [0.3, 0.4) is 0 Å². The quantitative estimate of drug-likeness (QED) is 0.453. The maximum Gasteiger partial charge on any atom is 0.271 e. The molecule has 30 heavy (non-hydrogen) atoms. The van der Waals surface area contributed by atoms with Crippen molar-refractivity contribution in [1.29, 1.82) is 0 Å². The molecule has 4 nitrogen and oxygen atoms in total. The average Bonchev–Trinajstić information content (AvgIpc) is 3.46. The molecule has 0 N–H and O–H groups in total. The normalized spacial score (nSPS) is 14.5. The Hall–Kier alpha value is -2.76. The molecule has 0 radical (unpaired) electrons. The van der Waals surface area contributed by atoms with E-state index < -0.39 is 0 Å². The van der Waals surface area contributed by atoms with Gasteiger partial charge in [0.1, 0.15) is 10.5 Å². The summed E-state index contributed by atoms with van der Waals surface area (Å²) in [6.07, 6.45) is 3.42. The number of likely N-dealkylation sites (tertiary alicyclic amines) is 1. The van der Waals surface area contributed by atoms with Crippen molar-refractivity contribution < 1.29 is 0 Å². The third-order valence-electron chi connectivity index (χ3n) is 5.87. The van der Waals surface area contributed by atoms with Gasteiger partial charge in [0.05, 0.1) is 5.52 Å². The molecule has 5 rings (SSSR count). The van der Waals surface area contributed by atoms with Crippen molar-refractivity contribution in [3.05, 3.63) is 87.5 Å². The summed E-state index contributed by atoms with van der Waals surface area (Å²) in [7, 11) is 0. The van der Waals surface area contributed by atoms with Crippen molar-refractivity contribution in [3.63, 3.8) is 0 Å². The molecule has 5 heteroatoms. The maximum absolute atomic E-state index is 13.2. The standard InChI is InChI=1S/C25H25N3OS/c29-25-23-22(12-17-30-23)26-24(28(25)16-15-27-13-4-5-14-27)21-10-8-20(9-11-21)18-19-6-2-1-3-7-19/h1-3,6-12,17H,4-5,13-16,18H2. The first-order valence-corrected chi connectivity index (χ1v) is 11.5. The minimum atomic E-state index is 0.0811. The molecule has 1 aliphatic rings. The van der Waals surface area contributed by atoms with Gasteiger partial charge in [-0.15, -0.1) is 11.3 Å². The van der Waals surface area contributed by atoms with Crippen LogP contribution in [0.2, 0.25) is 0 Å². The summed E-state index contributed by atoms with van der Waals surface area (Å²) < 4.78 is 2.63. The van der Waals surface area contributed by atoms with Gasteiger partial charge in [0.25, 0.3) is 5.56 Å². The second-order valence-corrected chi connectivity index (χ2v) is 8.85. The van der Waals surface area contributed by atoms with Crippen molar-refractivity contribution in [1.82, 2.24) is 14.5 Å². The van der Waals surface area contributed by atoms with Crippen LogP contribution in [-0.2, 0) is 13.0 Å². The van der Waals surface area contributed by atoms with E-state index in [-0.39, 0.29) is 5.56 Å². The number of fused-ring (bicyclic) bond motifs is 1. The molecule has 2 aromatic heterocycles. The molecule has 1 fully saturated rings. The van der Waals surface area contributed by atoms with Crippen LogP contribution >= 0.6 is 11.3 Å². The summed E-state index contributed by atoms with van der Waals surface area (Å²) >= 11 is 1.48. The lowest BCUT2D eigenvalue weighted by molar-refractivity contribution is 0.321. The molecule has 4 aromatic rings. The molecule has 0 unspecified atom stereocenters. The summed E-state index contributed by atoms with van der Waals surface area (Å²) in [6.45, 7) is 3.85. The Morgan fingerprint density at radius 1 is 0.867 bits per heavy atom. The number of thiophene rings is 1. The molecule has 2 aromatic carbocycles. The Balaban J connectivity index is 1.47. The Labute approximate surface area is 180 Å². The summed E-state index contributed by atoms with van der Waals surface area (Å²) in [5.41, 5.74) is 4.43. The molecule has 0 spiro atoms. The monoisotopic (exact) mass is 415 g/mol. The average molecular weight is 416 g/mol.